The van der Waals surface area contributed by atoms with E-state index in [0.717, 1.165) is 0 Å². The normalized spacial score (nSPS) is 17.7. The highest BCUT2D eigenvalue weighted by Gasteiger charge is 2.35. The van der Waals surface area contributed by atoms with Crippen LogP contribution in [-0.2, 0) is 0 Å². The summed E-state index contributed by atoms with van der Waals surface area (Å²) in [4.78, 5) is 8.38. The molecule has 1 fully saturated rings. The van der Waals surface area contributed by atoms with E-state index in [9.17, 15) is 8.78 Å². The van der Waals surface area contributed by atoms with Crippen LogP contribution in [0.2, 0.25) is 0 Å². The van der Waals surface area contributed by atoms with Gasteiger partial charge in [0.15, 0.2) is 0 Å². The average molecular weight is 318 g/mol. The molecule has 0 amide bonds. The molecule has 7 heteroatoms. The number of fused-ring (bicyclic) bond motifs is 1. The number of rotatable bonds is 3. The lowest BCUT2D eigenvalue weighted by Gasteiger charge is -2.29. The summed E-state index contributed by atoms with van der Waals surface area (Å²) in [6, 6.07) is 7.20. The SMILES string of the molecule is COc1cccc2c(NC3CCC(F)(F)CC3)nc(C#N)nc12. The van der Waals surface area contributed by atoms with Crippen molar-refractivity contribution in [1.29, 1.82) is 5.26 Å². The van der Waals surface area contributed by atoms with Gasteiger partial charge in [-0.25, -0.2) is 18.7 Å². The second-order valence-electron chi connectivity index (χ2n) is 5.64. The Morgan fingerprint density at radius 1 is 1.30 bits per heavy atom. The fourth-order valence-corrected chi connectivity index (χ4v) is 2.83. The van der Waals surface area contributed by atoms with Crippen LogP contribution in [0.1, 0.15) is 31.5 Å². The monoisotopic (exact) mass is 318 g/mol. The Balaban J connectivity index is 1.95. The van der Waals surface area contributed by atoms with Gasteiger partial charge in [0, 0.05) is 24.3 Å². The average Bonchev–Trinajstić information content (AvgIpc) is 2.56. The molecular formula is C16H16F2N4O. The number of para-hydroxylation sites is 1. The standard InChI is InChI=1S/C16H16F2N4O/c1-23-12-4-2-3-11-14(12)21-13(9-19)22-15(11)20-10-5-7-16(17,18)8-6-10/h2-4,10H,5-8H2,1H3,(H,20,21,22). The van der Waals surface area contributed by atoms with Gasteiger partial charge in [-0.15, -0.1) is 0 Å². The summed E-state index contributed by atoms with van der Waals surface area (Å²) < 4.78 is 31.8. The Hall–Kier alpha value is -2.49. The quantitative estimate of drug-likeness (QED) is 0.938. The van der Waals surface area contributed by atoms with E-state index in [4.69, 9.17) is 10.00 Å². The first-order chi connectivity index (χ1) is 11.0. The van der Waals surface area contributed by atoms with E-state index >= 15 is 0 Å². The van der Waals surface area contributed by atoms with Crippen LogP contribution in [-0.4, -0.2) is 29.0 Å². The minimum Gasteiger partial charge on any atom is -0.494 e. The second-order valence-corrected chi connectivity index (χ2v) is 5.64. The van der Waals surface area contributed by atoms with Crippen molar-refractivity contribution in [2.45, 2.75) is 37.6 Å². The molecule has 120 valence electrons. The van der Waals surface area contributed by atoms with Crippen LogP contribution in [0.25, 0.3) is 10.9 Å². The zero-order valence-electron chi connectivity index (χ0n) is 12.6. The van der Waals surface area contributed by atoms with E-state index in [0.29, 0.717) is 35.3 Å². The largest absolute Gasteiger partial charge is 0.494 e. The highest BCUT2D eigenvalue weighted by molar-refractivity contribution is 5.93. The molecule has 23 heavy (non-hydrogen) atoms. The Labute approximate surface area is 132 Å². The fourth-order valence-electron chi connectivity index (χ4n) is 2.83. The first kappa shape index (κ1) is 15.4. The molecule has 0 radical (unpaired) electrons. The number of nitrogens with one attached hydrogen (secondary N) is 1. The Bertz CT molecular complexity index is 762. The first-order valence-electron chi connectivity index (χ1n) is 7.41. The number of halogens is 2. The molecular weight excluding hydrogens is 302 g/mol. The van der Waals surface area contributed by atoms with Crippen molar-refractivity contribution in [3.05, 3.63) is 24.0 Å². The van der Waals surface area contributed by atoms with Crippen LogP contribution < -0.4 is 10.1 Å². The van der Waals surface area contributed by atoms with Gasteiger partial charge in [-0.05, 0) is 25.0 Å². The van der Waals surface area contributed by atoms with Crippen molar-refractivity contribution < 1.29 is 13.5 Å². The highest BCUT2D eigenvalue weighted by atomic mass is 19.3. The molecule has 5 nitrogen and oxygen atoms in total. The van der Waals surface area contributed by atoms with Gasteiger partial charge in [-0.1, -0.05) is 6.07 Å². The molecule has 0 spiro atoms. The van der Waals surface area contributed by atoms with Crippen molar-refractivity contribution in [3.8, 4) is 11.8 Å². The summed E-state index contributed by atoms with van der Waals surface area (Å²) in [6.45, 7) is 0. The summed E-state index contributed by atoms with van der Waals surface area (Å²) in [5.74, 6) is -1.53. The lowest BCUT2D eigenvalue weighted by molar-refractivity contribution is -0.0361. The Morgan fingerprint density at radius 3 is 2.70 bits per heavy atom. The van der Waals surface area contributed by atoms with Crippen molar-refractivity contribution in [2.75, 3.05) is 12.4 Å². The van der Waals surface area contributed by atoms with E-state index < -0.39 is 5.92 Å². The molecule has 1 N–H and O–H groups in total. The molecule has 0 atom stereocenters. The van der Waals surface area contributed by atoms with Crippen LogP contribution in [0.3, 0.4) is 0 Å². The third-order valence-corrected chi connectivity index (χ3v) is 4.07. The minimum atomic E-state index is -2.58. The molecule has 2 aromatic rings. The lowest BCUT2D eigenvalue weighted by atomic mass is 9.92. The zero-order valence-corrected chi connectivity index (χ0v) is 12.6. The highest BCUT2D eigenvalue weighted by Crippen LogP contribution is 2.35. The molecule has 3 rings (SSSR count). The Kier molecular flexibility index (Phi) is 3.99. The second kappa shape index (κ2) is 5.95. The number of aromatic nitrogens is 2. The van der Waals surface area contributed by atoms with E-state index in [-0.39, 0.29) is 24.7 Å². The van der Waals surface area contributed by atoms with E-state index in [2.05, 4.69) is 15.3 Å². The van der Waals surface area contributed by atoms with Crippen LogP contribution in [0.5, 0.6) is 5.75 Å². The number of methoxy groups -OCH3 is 1. The number of alkyl halides is 2. The number of ether oxygens (including phenoxy) is 1. The molecule has 1 saturated carbocycles. The number of nitrogens with zero attached hydrogens (tertiary/aromatic N) is 3. The van der Waals surface area contributed by atoms with Crippen molar-refractivity contribution in [2.24, 2.45) is 0 Å². The van der Waals surface area contributed by atoms with Gasteiger partial charge >= 0.3 is 0 Å². The lowest BCUT2D eigenvalue weighted by Crippen LogP contribution is -2.32. The van der Waals surface area contributed by atoms with E-state index in [1.165, 1.54) is 7.11 Å². The van der Waals surface area contributed by atoms with E-state index in [1.54, 1.807) is 12.1 Å². The summed E-state index contributed by atoms with van der Waals surface area (Å²) in [7, 11) is 1.53. The number of hydrogen-bond donors (Lipinski definition) is 1. The van der Waals surface area contributed by atoms with Gasteiger partial charge in [0.2, 0.25) is 11.7 Å². The van der Waals surface area contributed by atoms with Crippen LogP contribution in [0, 0.1) is 11.3 Å². The van der Waals surface area contributed by atoms with Gasteiger partial charge in [0.25, 0.3) is 0 Å². The minimum absolute atomic E-state index is 0.0191. The van der Waals surface area contributed by atoms with Crippen LogP contribution >= 0.6 is 0 Å². The van der Waals surface area contributed by atoms with Crippen LogP contribution in [0.4, 0.5) is 14.6 Å². The topological polar surface area (TPSA) is 70.8 Å². The van der Waals surface area contributed by atoms with E-state index in [1.807, 2.05) is 12.1 Å². The molecule has 1 aliphatic rings. The predicted octanol–water partition coefficient (Wildman–Crippen LogP) is 3.50. The van der Waals surface area contributed by atoms with Crippen molar-refractivity contribution in [3.63, 3.8) is 0 Å². The molecule has 1 aromatic carbocycles. The molecule has 1 aromatic heterocycles. The van der Waals surface area contributed by atoms with Gasteiger partial charge in [0.1, 0.15) is 23.2 Å². The summed E-state index contributed by atoms with van der Waals surface area (Å²) in [5.41, 5.74) is 0.533. The summed E-state index contributed by atoms with van der Waals surface area (Å²) in [5, 5.41) is 13.0. The number of nitriles is 1. The summed E-state index contributed by atoms with van der Waals surface area (Å²) >= 11 is 0. The molecule has 0 saturated heterocycles. The maximum Gasteiger partial charge on any atom is 0.248 e. The third-order valence-electron chi connectivity index (χ3n) is 4.07. The molecule has 0 aliphatic heterocycles. The zero-order chi connectivity index (χ0) is 16.4. The maximum absolute atomic E-state index is 13.3. The van der Waals surface area contributed by atoms with Gasteiger partial charge < -0.3 is 10.1 Å². The van der Waals surface area contributed by atoms with Gasteiger partial charge in [0.05, 0.1) is 7.11 Å². The first-order valence-corrected chi connectivity index (χ1v) is 7.41. The third kappa shape index (κ3) is 3.16. The van der Waals surface area contributed by atoms with Crippen molar-refractivity contribution >= 4 is 16.7 Å². The number of benzene rings is 1. The molecule has 0 bridgehead atoms. The van der Waals surface area contributed by atoms with Crippen LogP contribution in [0.15, 0.2) is 18.2 Å². The molecule has 0 unspecified atom stereocenters. The number of anilines is 1. The Morgan fingerprint density at radius 2 is 2.04 bits per heavy atom. The summed E-state index contributed by atoms with van der Waals surface area (Å²) in [6.07, 6.45) is 0.457. The molecule has 1 aliphatic carbocycles. The predicted molar refractivity (Wildman–Crippen MR) is 81.6 cm³/mol. The fraction of sp³-hybridized carbons (Fsp3) is 0.438. The molecule has 1 heterocycles. The van der Waals surface area contributed by atoms with Crippen molar-refractivity contribution in [1.82, 2.24) is 9.97 Å². The smallest absolute Gasteiger partial charge is 0.248 e. The van der Waals surface area contributed by atoms with Gasteiger partial charge in [-0.3, -0.25) is 0 Å². The maximum atomic E-state index is 13.3. The van der Waals surface area contributed by atoms with Gasteiger partial charge in [-0.2, -0.15) is 5.26 Å². The number of hydrogen-bond acceptors (Lipinski definition) is 5.